The lowest BCUT2D eigenvalue weighted by Crippen LogP contribution is -2.43. The van der Waals surface area contributed by atoms with Gasteiger partial charge in [-0.05, 0) is 58.4 Å². The first-order chi connectivity index (χ1) is 7.91. The second kappa shape index (κ2) is 6.36. The highest BCUT2D eigenvalue weighted by molar-refractivity contribution is 5.67. The number of carbonyl (C=O) groups is 1. The molecule has 0 spiro atoms. The van der Waals surface area contributed by atoms with Crippen LogP contribution in [0.25, 0.3) is 0 Å². The maximum absolute atomic E-state index is 10.9. The quantitative estimate of drug-likeness (QED) is 0.767. The summed E-state index contributed by atoms with van der Waals surface area (Å²) in [6, 6.07) is 0. The summed E-state index contributed by atoms with van der Waals surface area (Å²) >= 11 is 0. The monoisotopic (exact) mass is 242 g/mol. The molecule has 1 saturated heterocycles. The van der Waals surface area contributed by atoms with Crippen molar-refractivity contribution in [2.24, 2.45) is 5.41 Å². The molecule has 0 amide bonds. The van der Waals surface area contributed by atoms with Crippen LogP contribution in [0, 0.1) is 5.41 Å². The van der Waals surface area contributed by atoms with Gasteiger partial charge in [-0.1, -0.05) is 6.92 Å². The first-order valence-corrected chi connectivity index (χ1v) is 6.50. The van der Waals surface area contributed by atoms with E-state index in [1.807, 2.05) is 0 Å². The molecule has 1 aliphatic rings. The zero-order chi connectivity index (χ0) is 12.9. The lowest BCUT2D eigenvalue weighted by Gasteiger charge is -2.39. The van der Waals surface area contributed by atoms with Gasteiger partial charge < -0.3 is 14.9 Å². The minimum absolute atomic E-state index is 0.0256. The Balaban J connectivity index is 2.35. The Morgan fingerprint density at radius 1 is 1.47 bits per heavy atom. The zero-order valence-corrected chi connectivity index (χ0v) is 11.4. The van der Waals surface area contributed by atoms with Gasteiger partial charge in [0.05, 0.1) is 6.42 Å². The van der Waals surface area contributed by atoms with Crippen molar-refractivity contribution in [2.45, 2.75) is 32.6 Å². The van der Waals surface area contributed by atoms with Gasteiger partial charge in [-0.3, -0.25) is 4.79 Å². The predicted octanol–water partition coefficient (Wildman–Crippen LogP) is 1.51. The number of aliphatic carboxylic acids is 1. The molecule has 1 rings (SSSR count). The fourth-order valence-electron chi connectivity index (χ4n) is 2.74. The minimum atomic E-state index is -0.664. The third kappa shape index (κ3) is 5.50. The molecule has 4 heteroatoms. The Kier molecular flexibility index (Phi) is 5.40. The van der Waals surface area contributed by atoms with E-state index in [2.05, 4.69) is 30.8 Å². The molecule has 0 radical (unpaired) electrons. The Labute approximate surface area is 105 Å². The van der Waals surface area contributed by atoms with Crippen molar-refractivity contribution >= 4 is 5.97 Å². The topological polar surface area (TPSA) is 43.8 Å². The molecular weight excluding hydrogens is 216 g/mol. The van der Waals surface area contributed by atoms with E-state index in [9.17, 15) is 4.79 Å². The van der Waals surface area contributed by atoms with Crippen molar-refractivity contribution in [1.29, 1.82) is 0 Å². The first kappa shape index (κ1) is 14.5. The van der Waals surface area contributed by atoms with Gasteiger partial charge in [-0.15, -0.1) is 0 Å². The van der Waals surface area contributed by atoms with Crippen molar-refractivity contribution < 1.29 is 9.90 Å². The van der Waals surface area contributed by atoms with Crippen LogP contribution < -0.4 is 0 Å². The maximum Gasteiger partial charge on any atom is 0.303 e. The Bertz CT molecular complexity index is 256. The highest BCUT2D eigenvalue weighted by Gasteiger charge is 2.32. The van der Waals surface area contributed by atoms with Crippen LogP contribution in [0.4, 0.5) is 0 Å². The van der Waals surface area contributed by atoms with Crippen LogP contribution in [0.15, 0.2) is 0 Å². The lowest BCUT2D eigenvalue weighted by atomic mass is 9.79. The molecule has 0 saturated carbocycles. The van der Waals surface area contributed by atoms with Gasteiger partial charge in [0.25, 0.3) is 0 Å². The van der Waals surface area contributed by atoms with E-state index in [0.29, 0.717) is 6.42 Å². The third-order valence-corrected chi connectivity index (χ3v) is 3.52. The van der Waals surface area contributed by atoms with Crippen LogP contribution in [-0.2, 0) is 4.79 Å². The molecule has 0 aromatic heterocycles. The van der Waals surface area contributed by atoms with Crippen molar-refractivity contribution in [3.05, 3.63) is 0 Å². The van der Waals surface area contributed by atoms with Crippen LogP contribution in [0.3, 0.4) is 0 Å². The van der Waals surface area contributed by atoms with Crippen LogP contribution in [0.1, 0.15) is 32.6 Å². The predicted molar refractivity (Wildman–Crippen MR) is 69.2 cm³/mol. The zero-order valence-electron chi connectivity index (χ0n) is 11.4. The number of hydrogen-bond acceptors (Lipinski definition) is 3. The molecule has 1 unspecified atom stereocenters. The Morgan fingerprint density at radius 3 is 2.76 bits per heavy atom. The van der Waals surface area contributed by atoms with Gasteiger partial charge in [0, 0.05) is 6.54 Å². The van der Waals surface area contributed by atoms with Gasteiger partial charge in [-0.25, -0.2) is 0 Å². The molecule has 0 aromatic rings. The number of carboxylic acids is 1. The fraction of sp³-hybridized carbons (Fsp3) is 0.923. The summed E-state index contributed by atoms with van der Waals surface area (Å²) in [6.07, 6.45) is 3.64. The van der Waals surface area contributed by atoms with E-state index in [1.165, 1.54) is 0 Å². The van der Waals surface area contributed by atoms with E-state index in [0.717, 1.165) is 45.4 Å². The summed E-state index contributed by atoms with van der Waals surface area (Å²) in [4.78, 5) is 15.5. The maximum atomic E-state index is 10.9. The number of rotatable bonds is 6. The smallest absolute Gasteiger partial charge is 0.303 e. The Morgan fingerprint density at radius 2 is 2.18 bits per heavy atom. The lowest BCUT2D eigenvalue weighted by molar-refractivity contribution is -0.140. The van der Waals surface area contributed by atoms with E-state index in [4.69, 9.17) is 5.11 Å². The molecule has 0 aromatic carbocycles. The average molecular weight is 242 g/mol. The van der Waals surface area contributed by atoms with Crippen LogP contribution >= 0.6 is 0 Å². The SMILES string of the molecule is CN(C)CCCN1CCCC(C)(CC(=O)O)C1. The molecule has 100 valence electrons. The third-order valence-electron chi connectivity index (χ3n) is 3.52. The molecule has 1 heterocycles. The van der Waals surface area contributed by atoms with Crippen molar-refractivity contribution in [3.8, 4) is 0 Å². The second-order valence-corrected chi connectivity index (χ2v) is 5.92. The normalized spacial score (nSPS) is 26.4. The van der Waals surface area contributed by atoms with Crippen LogP contribution in [0.2, 0.25) is 0 Å². The summed E-state index contributed by atoms with van der Waals surface area (Å²) in [6.45, 7) is 6.37. The molecule has 0 bridgehead atoms. The van der Waals surface area contributed by atoms with E-state index >= 15 is 0 Å². The summed E-state index contributed by atoms with van der Waals surface area (Å²) in [5.41, 5.74) is -0.0256. The average Bonchev–Trinajstić information content (AvgIpc) is 2.14. The van der Waals surface area contributed by atoms with E-state index in [1.54, 1.807) is 0 Å². The van der Waals surface area contributed by atoms with Crippen LogP contribution in [-0.4, -0.2) is 61.2 Å². The molecule has 1 atom stereocenters. The van der Waals surface area contributed by atoms with Gasteiger partial charge >= 0.3 is 5.97 Å². The molecule has 0 aliphatic carbocycles. The molecular formula is C13H26N2O2. The number of carboxylic acid groups (broad SMARTS) is 1. The van der Waals surface area contributed by atoms with E-state index in [-0.39, 0.29) is 5.41 Å². The van der Waals surface area contributed by atoms with E-state index < -0.39 is 5.97 Å². The van der Waals surface area contributed by atoms with Crippen molar-refractivity contribution in [3.63, 3.8) is 0 Å². The number of nitrogens with zero attached hydrogens (tertiary/aromatic N) is 2. The number of likely N-dealkylation sites (tertiary alicyclic amines) is 1. The van der Waals surface area contributed by atoms with Gasteiger partial charge in [0.15, 0.2) is 0 Å². The summed E-state index contributed by atoms with van der Waals surface area (Å²) in [5, 5.41) is 8.94. The Hall–Kier alpha value is -0.610. The molecule has 17 heavy (non-hydrogen) atoms. The van der Waals surface area contributed by atoms with Crippen LogP contribution in [0.5, 0.6) is 0 Å². The summed E-state index contributed by atoms with van der Waals surface area (Å²) < 4.78 is 0. The summed E-state index contributed by atoms with van der Waals surface area (Å²) in [5.74, 6) is -0.664. The van der Waals surface area contributed by atoms with Gasteiger partial charge in [0.1, 0.15) is 0 Å². The standard InChI is InChI=1S/C13H26N2O2/c1-13(10-12(16)17)6-4-8-15(11-13)9-5-7-14(2)3/h4-11H2,1-3H3,(H,16,17). The fourth-order valence-corrected chi connectivity index (χ4v) is 2.74. The number of piperidine rings is 1. The van der Waals surface area contributed by atoms with Gasteiger partial charge in [-0.2, -0.15) is 0 Å². The molecule has 1 fully saturated rings. The molecule has 1 N–H and O–H groups in total. The van der Waals surface area contributed by atoms with Gasteiger partial charge in [0.2, 0.25) is 0 Å². The highest BCUT2D eigenvalue weighted by Crippen LogP contribution is 2.32. The van der Waals surface area contributed by atoms with Crippen molar-refractivity contribution in [2.75, 3.05) is 40.3 Å². The second-order valence-electron chi connectivity index (χ2n) is 5.92. The number of hydrogen-bond donors (Lipinski definition) is 1. The summed E-state index contributed by atoms with van der Waals surface area (Å²) in [7, 11) is 4.18. The largest absolute Gasteiger partial charge is 0.481 e. The molecule has 4 nitrogen and oxygen atoms in total. The minimum Gasteiger partial charge on any atom is -0.481 e. The first-order valence-electron chi connectivity index (χ1n) is 6.50. The molecule has 1 aliphatic heterocycles. The van der Waals surface area contributed by atoms with Crippen molar-refractivity contribution in [1.82, 2.24) is 9.80 Å². The highest BCUT2D eigenvalue weighted by atomic mass is 16.4.